The van der Waals surface area contributed by atoms with Gasteiger partial charge in [0.25, 0.3) is 5.97 Å². The van der Waals surface area contributed by atoms with Gasteiger partial charge in [0.05, 0.1) is 12.4 Å². The molecule has 1 aliphatic heterocycles. The predicted molar refractivity (Wildman–Crippen MR) is 99.7 cm³/mol. The van der Waals surface area contributed by atoms with E-state index < -0.39 is 11.7 Å². The Kier molecular flexibility index (Phi) is 6.17. The lowest BCUT2D eigenvalue weighted by Crippen LogP contribution is -2.34. The number of hydrogen-bond acceptors (Lipinski definition) is 4. The van der Waals surface area contributed by atoms with Crippen LogP contribution in [-0.2, 0) is 15.3 Å². The summed E-state index contributed by atoms with van der Waals surface area (Å²) in [7, 11) is 0. The quantitative estimate of drug-likeness (QED) is 0.846. The Bertz CT molecular complexity index is 788. The molecule has 3 rings (SSSR count). The van der Waals surface area contributed by atoms with Gasteiger partial charge >= 0.3 is 0 Å². The third-order valence-electron chi connectivity index (χ3n) is 3.65. The molecule has 0 bridgehead atoms. The Labute approximate surface area is 152 Å². The number of amidine groups is 1. The van der Waals surface area contributed by atoms with Gasteiger partial charge in [-0.2, -0.15) is 0 Å². The normalized spacial score (nSPS) is 19.4. The van der Waals surface area contributed by atoms with Crippen LogP contribution in [0.4, 0.5) is 0 Å². The predicted octanol–water partition coefficient (Wildman–Crippen LogP) is 4.05. The van der Waals surface area contributed by atoms with Crippen molar-refractivity contribution < 1.29 is 14.6 Å². The van der Waals surface area contributed by atoms with Crippen LogP contribution in [0.15, 0.2) is 53.5 Å². The van der Waals surface area contributed by atoms with Crippen LogP contribution in [0, 0.1) is 0 Å². The Morgan fingerprint density at radius 1 is 1.24 bits per heavy atom. The van der Waals surface area contributed by atoms with Crippen molar-refractivity contribution in [3.63, 3.8) is 0 Å². The first-order chi connectivity index (χ1) is 11.8. The first-order valence-electron chi connectivity index (χ1n) is 7.84. The van der Waals surface area contributed by atoms with Gasteiger partial charge in [-0.3, -0.25) is 4.79 Å². The average Bonchev–Trinajstić information content (AvgIpc) is 2.54. The molecule has 3 N–H and O–H groups in total. The number of halogens is 1. The number of carbonyl (C=O) groups is 1. The fourth-order valence-electron chi connectivity index (χ4n) is 2.52. The van der Waals surface area contributed by atoms with Gasteiger partial charge in [-0.15, -0.1) is 0 Å². The van der Waals surface area contributed by atoms with E-state index in [4.69, 9.17) is 32.0 Å². The van der Waals surface area contributed by atoms with Crippen molar-refractivity contribution in [1.29, 1.82) is 0 Å². The minimum atomic E-state index is -0.833. The molecule has 1 heterocycles. The Morgan fingerprint density at radius 3 is 2.44 bits per heavy atom. The molecule has 6 heteroatoms. The van der Waals surface area contributed by atoms with Crippen LogP contribution in [0.25, 0.3) is 11.1 Å². The molecule has 0 fully saturated rings. The zero-order valence-corrected chi connectivity index (χ0v) is 15.0. The number of nitrogens with zero attached hydrogens (tertiary/aromatic N) is 1. The summed E-state index contributed by atoms with van der Waals surface area (Å²) >= 11 is 6.07. The smallest absolute Gasteiger partial charge is 0.300 e. The van der Waals surface area contributed by atoms with E-state index in [0.29, 0.717) is 18.9 Å². The molecule has 0 aromatic heterocycles. The number of carboxylic acids is 1. The fraction of sp³-hybridized carbons (Fsp3) is 0.263. The number of nitrogens with two attached hydrogens (primary N) is 1. The minimum absolute atomic E-state index is 0.591. The van der Waals surface area contributed by atoms with Crippen LogP contribution in [0.1, 0.15) is 25.8 Å². The van der Waals surface area contributed by atoms with Crippen molar-refractivity contribution in [1.82, 2.24) is 0 Å². The molecule has 5 nitrogen and oxygen atoms in total. The number of benzene rings is 2. The summed E-state index contributed by atoms with van der Waals surface area (Å²) in [5.74, 6) is -0.197. The molecule has 1 aliphatic rings. The van der Waals surface area contributed by atoms with Crippen molar-refractivity contribution in [2.45, 2.75) is 26.0 Å². The van der Waals surface area contributed by atoms with Crippen molar-refractivity contribution in [2.75, 3.05) is 6.61 Å². The summed E-state index contributed by atoms with van der Waals surface area (Å²) in [5.41, 5.74) is 8.30. The summed E-state index contributed by atoms with van der Waals surface area (Å²) in [6, 6.07) is 15.9. The van der Waals surface area contributed by atoms with Gasteiger partial charge in [0, 0.05) is 23.9 Å². The highest BCUT2D eigenvalue weighted by atomic mass is 35.5. The van der Waals surface area contributed by atoms with Crippen LogP contribution in [0.5, 0.6) is 0 Å². The zero-order valence-electron chi connectivity index (χ0n) is 14.2. The highest BCUT2D eigenvalue weighted by Gasteiger charge is 2.30. The lowest BCUT2D eigenvalue weighted by Gasteiger charge is -2.30. The van der Waals surface area contributed by atoms with Crippen molar-refractivity contribution in [3.8, 4) is 11.1 Å². The first kappa shape index (κ1) is 19.0. The van der Waals surface area contributed by atoms with E-state index in [2.05, 4.69) is 17.1 Å². The van der Waals surface area contributed by atoms with E-state index in [1.165, 1.54) is 0 Å². The molecular weight excluding hydrogens is 340 g/mol. The lowest BCUT2D eigenvalue weighted by molar-refractivity contribution is -0.134. The van der Waals surface area contributed by atoms with E-state index in [0.717, 1.165) is 28.6 Å². The monoisotopic (exact) mass is 360 g/mol. The van der Waals surface area contributed by atoms with Gasteiger partial charge in [-0.1, -0.05) is 41.9 Å². The van der Waals surface area contributed by atoms with E-state index in [-0.39, 0.29) is 0 Å². The van der Waals surface area contributed by atoms with Gasteiger partial charge in [0.2, 0.25) is 0 Å². The molecule has 1 atom stereocenters. The number of aliphatic imine (C=N–C) groups is 1. The zero-order chi connectivity index (χ0) is 18.4. The average molecular weight is 361 g/mol. The summed E-state index contributed by atoms with van der Waals surface area (Å²) in [4.78, 5) is 13.5. The molecule has 2 aromatic rings. The molecule has 1 unspecified atom stereocenters. The second-order valence-corrected chi connectivity index (χ2v) is 6.23. The molecule has 0 aliphatic carbocycles. The van der Waals surface area contributed by atoms with Crippen LogP contribution >= 0.6 is 11.6 Å². The van der Waals surface area contributed by atoms with Crippen molar-refractivity contribution in [2.24, 2.45) is 10.7 Å². The summed E-state index contributed by atoms with van der Waals surface area (Å²) in [5, 5.41) is 8.14. The third kappa shape index (κ3) is 5.31. The van der Waals surface area contributed by atoms with Gasteiger partial charge in [-0.25, -0.2) is 4.99 Å². The van der Waals surface area contributed by atoms with E-state index >= 15 is 0 Å². The Hall–Kier alpha value is -2.37. The Morgan fingerprint density at radius 2 is 1.84 bits per heavy atom. The topological polar surface area (TPSA) is 84.9 Å². The molecule has 132 valence electrons. The highest BCUT2D eigenvalue weighted by Crippen LogP contribution is 2.33. The lowest BCUT2D eigenvalue weighted by atomic mass is 9.98. The summed E-state index contributed by atoms with van der Waals surface area (Å²) in [6.45, 7) is 3.61. The SMILES string of the molecule is CC(=O)O.CC1(c2cccc(-c3cccc(Cl)c3)c2)N=C(N)CCO1. The molecule has 0 saturated heterocycles. The van der Waals surface area contributed by atoms with E-state index in [1.54, 1.807) is 0 Å². The van der Waals surface area contributed by atoms with Gasteiger partial charge in [0.1, 0.15) is 0 Å². The fourth-order valence-corrected chi connectivity index (χ4v) is 2.71. The summed E-state index contributed by atoms with van der Waals surface area (Å²) < 4.78 is 5.84. The first-order valence-corrected chi connectivity index (χ1v) is 8.22. The molecule has 0 radical (unpaired) electrons. The highest BCUT2D eigenvalue weighted by molar-refractivity contribution is 6.30. The van der Waals surface area contributed by atoms with Crippen LogP contribution in [0.3, 0.4) is 0 Å². The molecule has 0 amide bonds. The van der Waals surface area contributed by atoms with Crippen LogP contribution in [0.2, 0.25) is 5.02 Å². The van der Waals surface area contributed by atoms with E-state index in [1.807, 2.05) is 43.3 Å². The third-order valence-corrected chi connectivity index (χ3v) is 3.89. The maximum atomic E-state index is 9.00. The van der Waals surface area contributed by atoms with Crippen molar-refractivity contribution in [3.05, 3.63) is 59.1 Å². The second-order valence-electron chi connectivity index (χ2n) is 5.79. The standard InChI is InChI=1S/C17H17ClN2O.C2H4O2/c1-17(20-16(19)8-9-21-17)14-6-2-4-12(10-14)13-5-3-7-15(18)11-13;1-2(3)4/h2-7,10-11H,8-9H2,1H3,(H2,19,20);1H3,(H,3,4). The summed E-state index contributed by atoms with van der Waals surface area (Å²) in [6.07, 6.45) is 0.684. The molecule has 0 spiro atoms. The Balaban J connectivity index is 0.000000511. The van der Waals surface area contributed by atoms with Gasteiger partial charge in [-0.05, 0) is 36.2 Å². The van der Waals surface area contributed by atoms with Crippen LogP contribution in [-0.4, -0.2) is 23.5 Å². The molecule has 25 heavy (non-hydrogen) atoms. The molecular formula is C19H21ClN2O3. The number of ether oxygens (including phenoxy) is 1. The molecule has 2 aromatic carbocycles. The van der Waals surface area contributed by atoms with Crippen molar-refractivity contribution >= 4 is 23.4 Å². The maximum absolute atomic E-state index is 9.00. The molecule has 0 saturated carbocycles. The number of carboxylic acid groups (broad SMARTS) is 1. The van der Waals surface area contributed by atoms with Crippen LogP contribution < -0.4 is 5.73 Å². The number of aliphatic carboxylic acids is 1. The van der Waals surface area contributed by atoms with Gasteiger partial charge < -0.3 is 15.6 Å². The number of rotatable bonds is 2. The number of hydrogen-bond donors (Lipinski definition) is 2. The van der Waals surface area contributed by atoms with Gasteiger partial charge in [0.15, 0.2) is 5.72 Å². The second kappa shape index (κ2) is 8.14. The minimum Gasteiger partial charge on any atom is -0.481 e. The van der Waals surface area contributed by atoms with E-state index in [9.17, 15) is 0 Å². The maximum Gasteiger partial charge on any atom is 0.300 e. The largest absolute Gasteiger partial charge is 0.481 e.